The fourth-order valence-corrected chi connectivity index (χ4v) is 2.55. The number of halogens is 1. The highest BCUT2D eigenvalue weighted by Gasteiger charge is 2.28. The third-order valence-electron chi connectivity index (χ3n) is 3.52. The number of hydrogen-bond acceptors (Lipinski definition) is 3. The first-order chi connectivity index (χ1) is 11.1. The summed E-state index contributed by atoms with van der Waals surface area (Å²) < 4.78 is 5.21. The number of carbonyl (C=O) groups excluding carboxylic acids is 1. The van der Waals surface area contributed by atoms with Gasteiger partial charge in [-0.2, -0.15) is 10.1 Å². The summed E-state index contributed by atoms with van der Waals surface area (Å²) in [6.07, 6.45) is 1.81. The number of rotatable bonds is 3. The highest BCUT2D eigenvalue weighted by Crippen LogP contribution is 2.27. The lowest BCUT2D eigenvalue weighted by Crippen LogP contribution is -2.21. The molecule has 0 unspecified atom stereocenters. The SMILES string of the molecule is COc1cccc(/C=C2\C(=O)N(c3cccc(Cl)c3)N=C2C)c1. The van der Waals surface area contributed by atoms with Crippen molar-refractivity contribution in [2.75, 3.05) is 12.1 Å². The highest BCUT2D eigenvalue weighted by molar-refractivity contribution is 6.33. The molecule has 0 bridgehead atoms. The lowest BCUT2D eigenvalue weighted by molar-refractivity contribution is -0.114. The van der Waals surface area contributed by atoms with E-state index in [4.69, 9.17) is 16.3 Å². The second kappa shape index (κ2) is 6.26. The minimum absolute atomic E-state index is 0.174. The Bertz CT molecular complexity index is 827. The van der Waals surface area contributed by atoms with Gasteiger partial charge >= 0.3 is 0 Å². The maximum atomic E-state index is 12.7. The van der Waals surface area contributed by atoms with Crippen LogP contribution in [0.5, 0.6) is 5.75 Å². The fraction of sp³-hybridized carbons (Fsp3) is 0.111. The molecule has 0 N–H and O–H groups in total. The van der Waals surface area contributed by atoms with Crippen LogP contribution < -0.4 is 9.75 Å². The molecule has 0 atom stereocenters. The molecule has 1 heterocycles. The van der Waals surface area contributed by atoms with Crippen molar-refractivity contribution in [2.45, 2.75) is 6.92 Å². The Morgan fingerprint density at radius 3 is 2.70 bits per heavy atom. The van der Waals surface area contributed by atoms with Crippen molar-refractivity contribution in [3.8, 4) is 5.75 Å². The van der Waals surface area contributed by atoms with E-state index in [-0.39, 0.29) is 5.91 Å². The molecule has 0 radical (unpaired) electrons. The Hall–Kier alpha value is -2.59. The maximum Gasteiger partial charge on any atom is 0.280 e. The number of carbonyl (C=O) groups is 1. The zero-order chi connectivity index (χ0) is 16.4. The summed E-state index contributed by atoms with van der Waals surface area (Å²) in [7, 11) is 1.61. The minimum atomic E-state index is -0.174. The fourth-order valence-electron chi connectivity index (χ4n) is 2.37. The van der Waals surface area contributed by atoms with Crippen LogP contribution >= 0.6 is 11.6 Å². The Kier molecular flexibility index (Phi) is 4.17. The van der Waals surface area contributed by atoms with Gasteiger partial charge < -0.3 is 4.74 Å². The average Bonchev–Trinajstić information content (AvgIpc) is 2.83. The molecule has 0 saturated carbocycles. The van der Waals surface area contributed by atoms with E-state index < -0.39 is 0 Å². The van der Waals surface area contributed by atoms with Gasteiger partial charge in [0.25, 0.3) is 5.91 Å². The molecule has 0 fully saturated rings. The molecule has 23 heavy (non-hydrogen) atoms. The third kappa shape index (κ3) is 3.12. The van der Waals surface area contributed by atoms with Gasteiger partial charge in [0.1, 0.15) is 5.75 Å². The number of hydrazone groups is 1. The van der Waals surface area contributed by atoms with Crippen LogP contribution in [0, 0.1) is 0 Å². The summed E-state index contributed by atoms with van der Waals surface area (Å²) in [5, 5.41) is 6.27. The van der Waals surface area contributed by atoms with E-state index in [2.05, 4.69) is 5.10 Å². The lowest BCUT2D eigenvalue weighted by atomic mass is 10.1. The van der Waals surface area contributed by atoms with Crippen molar-refractivity contribution in [3.05, 3.63) is 64.7 Å². The first kappa shape index (κ1) is 15.3. The van der Waals surface area contributed by atoms with E-state index in [1.54, 1.807) is 31.4 Å². The molecule has 0 aliphatic carbocycles. The van der Waals surface area contributed by atoms with Gasteiger partial charge in [-0.05, 0) is 48.9 Å². The van der Waals surface area contributed by atoms with Gasteiger partial charge in [-0.15, -0.1) is 0 Å². The van der Waals surface area contributed by atoms with Crippen molar-refractivity contribution in [3.63, 3.8) is 0 Å². The second-order valence-electron chi connectivity index (χ2n) is 5.12. The van der Waals surface area contributed by atoms with Crippen LogP contribution in [0.15, 0.2) is 59.2 Å². The van der Waals surface area contributed by atoms with Gasteiger partial charge in [0, 0.05) is 5.02 Å². The van der Waals surface area contributed by atoms with Crippen LogP contribution in [0.25, 0.3) is 6.08 Å². The average molecular weight is 327 g/mol. The molecule has 0 aromatic heterocycles. The van der Waals surface area contributed by atoms with Crippen LogP contribution in [-0.4, -0.2) is 18.7 Å². The highest BCUT2D eigenvalue weighted by atomic mass is 35.5. The van der Waals surface area contributed by atoms with E-state index in [0.717, 1.165) is 11.3 Å². The van der Waals surface area contributed by atoms with Crippen molar-refractivity contribution < 1.29 is 9.53 Å². The molecule has 1 amide bonds. The summed E-state index contributed by atoms with van der Waals surface area (Å²) in [4.78, 5) is 12.7. The number of benzene rings is 2. The molecular weight excluding hydrogens is 312 g/mol. The van der Waals surface area contributed by atoms with Crippen molar-refractivity contribution in [1.29, 1.82) is 0 Å². The number of amides is 1. The molecule has 0 saturated heterocycles. The van der Waals surface area contributed by atoms with E-state index in [0.29, 0.717) is 22.0 Å². The van der Waals surface area contributed by atoms with Gasteiger partial charge in [0.15, 0.2) is 0 Å². The van der Waals surface area contributed by atoms with Crippen LogP contribution in [0.1, 0.15) is 12.5 Å². The van der Waals surface area contributed by atoms with Crippen LogP contribution in [-0.2, 0) is 4.79 Å². The van der Waals surface area contributed by atoms with Crippen LogP contribution in [0.4, 0.5) is 5.69 Å². The Labute approximate surface area is 139 Å². The predicted molar refractivity (Wildman–Crippen MR) is 93.0 cm³/mol. The quantitative estimate of drug-likeness (QED) is 0.795. The Morgan fingerprint density at radius 1 is 1.17 bits per heavy atom. The number of ether oxygens (including phenoxy) is 1. The number of nitrogens with zero attached hydrogens (tertiary/aromatic N) is 2. The van der Waals surface area contributed by atoms with E-state index in [1.165, 1.54) is 5.01 Å². The molecular formula is C18H15ClN2O2. The second-order valence-corrected chi connectivity index (χ2v) is 5.55. The van der Waals surface area contributed by atoms with Crippen molar-refractivity contribution >= 4 is 35.0 Å². The largest absolute Gasteiger partial charge is 0.497 e. The molecule has 1 aliphatic rings. The van der Waals surface area contributed by atoms with Gasteiger partial charge in [-0.1, -0.05) is 29.8 Å². The summed E-state index contributed by atoms with van der Waals surface area (Å²) >= 11 is 5.99. The third-order valence-corrected chi connectivity index (χ3v) is 3.76. The van der Waals surface area contributed by atoms with Crippen molar-refractivity contribution in [1.82, 2.24) is 0 Å². The molecule has 0 spiro atoms. The van der Waals surface area contributed by atoms with Gasteiger partial charge in [0.2, 0.25) is 0 Å². The number of methoxy groups -OCH3 is 1. The topological polar surface area (TPSA) is 41.9 Å². The van der Waals surface area contributed by atoms with Gasteiger partial charge in [0.05, 0.1) is 24.1 Å². The number of anilines is 1. The summed E-state index contributed by atoms with van der Waals surface area (Å²) in [5.74, 6) is 0.568. The lowest BCUT2D eigenvalue weighted by Gasteiger charge is -2.11. The molecule has 3 rings (SSSR count). The Balaban J connectivity index is 1.95. The maximum absolute atomic E-state index is 12.7. The van der Waals surface area contributed by atoms with Crippen molar-refractivity contribution in [2.24, 2.45) is 5.10 Å². The van der Waals surface area contributed by atoms with Gasteiger partial charge in [-0.25, -0.2) is 0 Å². The summed E-state index contributed by atoms with van der Waals surface area (Å²) in [6, 6.07) is 14.6. The standard InChI is InChI=1S/C18H15ClN2O2/c1-12-17(10-13-5-3-8-16(9-13)23-2)18(22)21(20-12)15-7-4-6-14(19)11-15/h3-11H,1-2H3/b17-10-. The molecule has 2 aromatic carbocycles. The summed E-state index contributed by atoms with van der Waals surface area (Å²) in [6.45, 7) is 1.81. The van der Waals surface area contributed by atoms with E-state index in [1.807, 2.05) is 37.3 Å². The minimum Gasteiger partial charge on any atom is -0.497 e. The Morgan fingerprint density at radius 2 is 1.96 bits per heavy atom. The van der Waals surface area contributed by atoms with E-state index in [9.17, 15) is 4.79 Å². The monoisotopic (exact) mass is 326 g/mol. The first-order valence-corrected chi connectivity index (χ1v) is 7.47. The molecule has 4 nitrogen and oxygen atoms in total. The molecule has 116 valence electrons. The summed E-state index contributed by atoms with van der Waals surface area (Å²) in [5.41, 5.74) is 2.75. The number of hydrogen-bond donors (Lipinski definition) is 0. The normalized spacial score (nSPS) is 16.0. The molecule has 2 aromatic rings. The van der Waals surface area contributed by atoms with Crippen LogP contribution in [0.2, 0.25) is 5.02 Å². The van der Waals surface area contributed by atoms with Gasteiger partial charge in [-0.3, -0.25) is 4.79 Å². The molecule has 5 heteroatoms. The van der Waals surface area contributed by atoms with E-state index >= 15 is 0 Å². The smallest absolute Gasteiger partial charge is 0.280 e. The zero-order valence-corrected chi connectivity index (χ0v) is 13.5. The first-order valence-electron chi connectivity index (χ1n) is 7.10. The van der Waals surface area contributed by atoms with Crippen LogP contribution in [0.3, 0.4) is 0 Å². The zero-order valence-electron chi connectivity index (χ0n) is 12.8. The molecule has 1 aliphatic heterocycles. The predicted octanol–water partition coefficient (Wildman–Crippen LogP) is 4.15.